The zero-order valence-electron chi connectivity index (χ0n) is 18.4. The number of anilines is 1. The molecular formula is C24H19ClN2O6S. The number of halogens is 1. The summed E-state index contributed by atoms with van der Waals surface area (Å²) in [4.78, 5) is 44.3. The highest BCUT2D eigenvalue weighted by molar-refractivity contribution is 7.17. The van der Waals surface area contributed by atoms with E-state index in [4.69, 9.17) is 21.1 Å². The van der Waals surface area contributed by atoms with E-state index in [1.807, 2.05) is 0 Å². The highest BCUT2D eigenvalue weighted by Crippen LogP contribution is 2.44. The molecule has 0 bridgehead atoms. The maximum absolute atomic E-state index is 13.2. The number of carbonyl (C=O) groups is 3. The first-order chi connectivity index (χ1) is 16.3. The van der Waals surface area contributed by atoms with Gasteiger partial charge in [-0.2, -0.15) is 0 Å². The number of hydrogen-bond donors (Lipinski definition) is 1. The van der Waals surface area contributed by atoms with Gasteiger partial charge < -0.3 is 14.6 Å². The van der Waals surface area contributed by atoms with Gasteiger partial charge >= 0.3 is 11.9 Å². The van der Waals surface area contributed by atoms with Crippen molar-refractivity contribution in [2.75, 3.05) is 19.1 Å². The van der Waals surface area contributed by atoms with E-state index < -0.39 is 23.7 Å². The molecule has 0 spiro atoms. The fraction of sp³-hybridized carbons (Fsp3) is 0.167. The zero-order chi connectivity index (χ0) is 24.6. The summed E-state index contributed by atoms with van der Waals surface area (Å²) in [5.41, 5.74) is 1.06. The number of aryl methyl sites for hydroxylation is 1. The summed E-state index contributed by atoms with van der Waals surface area (Å²) in [5, 5.41) is 11.6. The maximum atomic E-state index is 13.2. The van der Waals surface area contributed by atoms with Gasteiger partial charge in [0, 0.05) is 10.6 Å². The van der Waals surface area contributed by atoms with Crippen LogP contribution in [0.5, 0.6) is 5.75 Å². The van der Waals surface area contributed by atoms with E-state index in [1.165, 1.54) is 19.1 Å². The molecule has 10 heteroatoms. The van der Waals surface area contributed by atoms with Gasteiger partial charge in [0.05, 0.1) is 31.5 Å². The molecule has 2 aromatic carbocycles. The summed E-state index contributed by atoms with van der Waals surface area (Å²) >= 11 is 7.13. The minimum atomic E-state index is -1.02. The van der Waals surface area contributed by atoms with E-state index in [-0.39, 0.29) is 21.3 Å². The average Bonchev–Trinajstić information content (AvgIpc) is 3.35. The normalized spacial score (nSPS) is 17.2. The Labute approximate surface area is 204 Å². The Bertz CT molecular complexity index is 1330. The summed E-state index contributed by atoms with van der Waals surface area (Å²) in [6.45, 7) is 1.61. The van der Waals surface area contributed by atoms with Gasteiger partial charge in [0.25, 0.3) is 5.78 Å². The number of aliphatic hydroxyl groups is 1. The van der Waals surface area contributed by atoms with Gasteiger partial charge in [-0.3, -0.25) is 14.5 Å². The van der Waals surface area contributed by atoms with E-state index in [0.29, 0.717) is 27.6 Å². The number of esters is 1. The molecule has 1 N–H and O–H groups in total. The molecule has 1 saturated heterocycles. The Morgan fingerprint density at radius 2 is 1.85 bits per heavy atom. The van der Waals surface area contributed by atoms with E-state index in [1.54, 1.807) is 55.5 Å². The number of nitrogens with zero attached hydrogens (tertiary/aromatic N) is 2. The average molecular weight is 499 g/mol. The molecule has 0 saturated carbocycles. The number of benzene rings is 2. The van der Waals surface area contributed by atoms with Crippen molar-refractivity contribution in [1.82, 2.24) is 4.98 Å². The van der Waals surface area contributed by atoms with Crippen LogP contribution in [0.2, 0.25) is 5.02 Å². The monoisotopic (exact) mass is 498 g/mol. The van der Waals surface area contributed by atoms with Crippen molar-refractivity contribution < 1.29 is 29.0 Å². The van der Waals surface area contributed by atoms with Crippen LogP contribution in [-0.2, 0) is 14.3 Å². The summed E-state index contributed by atoms with van der Waals surface area (Å²) in [5.74, 6) is -2.15. The number of ether oxygens (including phenoxy) is 2. The molecule has 1 fully saturated rings. The zero-order valence-corrected chi connectivity index (χ0v) is 19.9. The van der Waals surface area contributed by atoms with Crippen LogP contribution in [0.1, 0.15) is 32.5 Å². The molecule has 1 amide bonds. The van der Waals surface area contributed by atoms with E-state index >= 15 is 0 Å². The Morgan fingerprint density at radius 1 is 1.15 bits per heavy atom. The third-order valence-electron chi connectivity index (χ3n) is 5.33. The quantitative estimate of drug-likeness (QED) is 0.238. The largest absolute Gasteiger partial charge is 0.507 e. The lowest BCUT2D eigenvalue weighted by atomic mass is 9.95. The van der Waals surface area contributed by atoms with Crippen LogP contribution in [0.3, 0.4) is 0 Å². The molecule has 174 valence electrons. The molecule has 8 nitrogen and oxygen atoms in total. The number of Topliss-reactive ketones (excluding diaryl/α,β-unsaturated/α-hetero) is 1. The van der Waals surface area contributed by atoms with Gasteiger partial charge in [-0.25, -0.2) is 9.78 Å². The van der Waals surface area contributed by atoms with Crippen molar-refractivity contribution in [2.45, 2.75) is 13.0 Å². The number of hydrogen-bond acceptors (Lipinski definition) is 8. The topological polar surface area (TPSA) is 106 Å². The van der Waals surface area contributed by atoms with Crippen LogP contribution >= 0.6 is 22.9 Å². The lowest BCUT2D eigenvalue weighted by molar-refractivity contribution is -0.132. The van der Waals surface area contributed by atoms with E-state index in [2.05, 4.69) is 4.98 Å². The molecule has 34 heavy (non-hydrogen) atoms. The smallest absolute Gasteiger partial charge is 0.350 e. The second-order valence-electron chi connectivity index (χ2n) is 7.36. The van der Waals surface area contributed by atoms with Gasteiger partial charge in [-0.15, -0.1) is 0 Å². The Balaban J connectivity index is 1.92. The molecule has 0 unspecified atom stereocenters. The molecule has 3 aromatic rings. The number of carbonyl (C=O) groups excluding carboxylic acids is 3. The highest BCUT2D eigenvalue weighted by atomic mass is 35.5. The van der Waals surface area contributed by atoms with Gasteiger partial charge in [-0.1, -0.05) is 35.1 Å². The predicted molar refractivity (Wildman–Crippen MR) is 127 cm³/mol. The van der Waals surface area contributed by atoms with Crippen LogP contribution in [-0.4, -0.2) is 42.0 Å². The minimum absolute atomic E-state index is 0.120. The molecule has 0 radical (unpaired) electrons. The second-order valence-corrected chi connectivity index (χ2v) is 8.77. The molecule has 1 atom stereocenters. The number of rotatable bonds is 5. The number of methoxy groups -OCH3 is 2. The lowest BCUT2D eigenvalue weighted by Crippen LogP contribution is -2.29. The standard InChI is InChI=1S/C24H19ClN2O6S/c1-12-21(23(31)33-3)34-24(26-12)27-18(14-5-4-6-15(25)11-14)17(20(29)22(27)30)19(28)13-7-9-16(32-2)10-8-13/h4-11,18,28H,1-3H3/b19-17+/t18-/m1/s1. The minimum Gasteiger partial charge on any atom is -0.507 e. The van der Waals surface area contributed by atoms with Crippen molar-refractivity contribution in [3.63, 3.8) is 0 Å². The molecule has 4 rings (SSSR count). The number of aliphatic hydroxyl groups excluding tert-OH is 1. The third-order valence-corrected chi connectivity index (χ3v) is 6.71. The number of thiazole rings is 1. The predicted octanol–water partition coefficient (Wildman–Crippen LogP) is 4.53. The van der Waals surface area contributed by atoms with Gasteiger partial charge in [-0.05, 0) is 48.9 Å². The first kappa shape index (κ1) is 23.5. The van der Waals surface area contributed by atoms with Crippen LogP contribution in [0.15, 0.2) is 54.1 Å². The second kappa shape index (κ2) is 9.28. The van der Waals surface area contributed by atoms with Crippen molar-refractivity contribution in [1.29, 1.82) is 0 Å². The molecule has 1 aliphatic rings. The molecule has 1 aromatic heterocycles. The summed E-state index contributed by atoms with van der Waals surface area (Å²) in [6.07, 6.45) is 0. The third kappa shape index (κ3) is 4.04. The first-order valence-electron chi connectivity index (χ1n) is 10.0. The molecule has 2 heterocycles. The van der Waals surface area contributed by atoms with Gasteiger partial charge in [0.2, 0.25) is 0 Å². The first-order valence-corrected chi connectivity index (χ1v) is 11.2. The van der Waals surface area contributed by atoms with Crippen LogP contribution in [0, 0.1) is 6.92 Å². The van der Waals surface area contributed by atoms with Gasteiger partial charge in [0.15, 0.2) is 5.13 Å². The number of amides is 1. The van der Waals surface area contributed by atoms with Crippen molar-refractivity contribution in [2.24, 2.45) is 0 Å². The molecule has 1 aliphatic heterocycles. The Morgan fingerprint density at radius 3 is 2.47 bits per heavy atom. The molecule has 0 aliphatic carbocycles. The highest BCUT2D eigenvalue weighted by Gasteiger charge is 2.48. The fourth-order valence-corrected chi connectivity index (χ4v) is 4.90. The van der Waals surface area contributed by atoms with Crippen LogP contribution < -0.4 is 9.64 Å². The maximum Gasteiger partial charge on any atom is 0.350 e. The van der Waals surface area contributed by atoms with Crippen molar-refractivity contribution in [3.8, 4) is 5.75 Å². The SMILES string of the molecule is COC(=O)c1sc(N2C(=O)C(=O)/C(=C(/O)c3ccc(OC)cc3)[C@H]2c2cccc(Cl)c2)nc1C. The Kier molecular flexibility index (Phi) is 6.41. The van der Waals surface area contributed by atoms with E-state index in [0.717, 1.165) is 11.3 Å². The summed E-state index contributed by atoms with van der Waals surface area (Å²) in [7, 11) is 2.76. The number of ketones is 1. The summed E-state index contributed by atoms with van der Waals surface area (Å²) in [6, 6.07) is 12.0. The molecular weight excluding hydrogens is 480 g/mol. The fourth-order valence-electron chi connectivity index (χ4n) is 3.69. The van der Waals surface area contributed by atoms with Crippen LogP contribution in [0.25, 0.3) is 5.76 Å². The van der Waals surface area contributed by atoms with Crippen molar-refractivity contribution in [3.05, 3.63) is 80.8 Å². The van der Waals surface area contributed by atoms with Gasteiger partial charge in [0.1, 0.15) is 16.4 Å². The lowest BCUT2D eigenvalue weighted by Gasteiger charge is -2.23. The van der Waals surface area contributed by atoms with Crippen molar-refractivity contribution >= 4 is 51.5 Å². The number of aromatic nitrogens is 1. The van der Waals surface area contributed by atoms with E-state index in [9.17, 15) is 19.5 Å². The van der Waals surface area contributed by atoms with Crippen LogP contribution in [0.4, 0.5) is 5.13 Å². The Hall–Kier alpha value is -3.69. The summed E-state index contributed by atoms with van der Waals surface area (Å²) < 4.78 is 9.94.